The number of pyridine rings is 1. The van der Waals surface area contributed by atoms with E-state index in [-0.39, 0.29) is 23.2 Å². The van der Waals surface area contributed by atoms with Gasteiger partial charge in [-0.25, -0.2) is 13.6 Å². The zero-order valence-corrected chi connectivity index (χ0v) is 13.8. The van der Waals surface area contributed by atoms with E-state index >= 15 is 4.39 Å². The van der Waals surface area contributed by atoms with E-state index in [0.717, 1.165) is 16.9 Å². The zero-order chi connectivity index (χ0) is 19.0. The zero-order valence-electron chi connectivity index (χ0n) is 13.8. The highest BCUT2D eigenvalue weighted by Crippen LogP contribution is 2.34. The van der Waals surface area contributed by atoms with Crippen molar-refractivity contribution in [1.82, 2.24) is 4.68 Å². The molecule has 2 aromatic rings. The van der Waals surface area contributed by atoms with Crippen molar-refractivity contribution in [3.05, 3.63) is 34.1 Å². The molecule has 8 nitrogen and oxygen atoms in total. The van der Waals surface area contributed by atoms with Crippen LogP contribution in [0.1, 0.15) is 12.8 Å². The first kappa shape index (κ1) is 17.9. The average molecular weight is 369 g/mol. The lowest BCUT2D eigenvalue weighted by Gasteiger charge is -2.27. The molecule has 0 radical (unpaired) electrons. The highest BCUT2D eigenvalue weighted by atomic mass is 19.1. The third-order valence-electron chi connectivity index (χ3n) is 4.44. The van der Waals surface area contributed by atoms with Crippen molar-refractivity contribution in [2.45, 2.75) is 18.9 Å². The molecule has 0 aliphatic carbocycles. The van der Waals surface area contributed by atoms with Crippen LogP contribution in [0.5, 0.6) is 5.75 Å². The van der Waals surface area contributed by atoms with E-state index in [9.17, 15) is 19.1 Å². The largest absolute Gasteiger partial charge is 0.511 e. The summed E-state index contributed by atoms with van der Waals surface area (Å²) in [5.41, 5.74) is 1.07. The molecule has 1 aliphatic rings. The molecule has 10 heteroatoms. The van der Waals surface area contributed by atoms with Gasteiger partial charge >= 0.3 is 6.16 Å². The number of carbonyl (C=O) groups is 1. The molecule has 3 N–H and O–H groups in total. The first-order valence-electron chi connectivity index (χ1n) is 7.92. The van der Waals surface area contributed by atoms with Crippen molar-refractivity contribution in [3.8, 4) is 5.75 Å². The molecule has 0 saturated carbocycles. The second kappa shape index (κ2) is 6.79. The number of nitrogens with zero attached hydrogens (tertiary/aromatic N) is 2. The van der Waals surface area contributed by atoms with Crippen LogP contribution in [0.4, 0.5) is 19.3 Å². The number of nitrogens with one attached hydrogen (secondary N) is 1. The SMILES string of the molecule is CNn1cc(OC(=O)O)c(=O)c2cc(F)c(N3CCC[C@H]3CO)c(F)c21. The Kier molecular flexibility index (Phi) is 4.68. The summed E-state index contributed by atoms with van der Waals surface area (Å²) in [6.07, 6.45) is 0.533. The molecule has 0 amide bonds. The van der Waals surface area contributed by atoms with E-state index in [0.29, 0.717) is 19.4 Å². The summed E-state index contributed by atoms with van der Waals surface area (Å²) in [4.78, 5) is 24.5. The Hall–Kier alpha value is -2.88. The van der Waals surface area contributed by atoms with Crippen molar-refractivity contribution in [3.63, 3.8) is 0 Å². The summed E-state index contributed by atoms with van der Waals surface area (Å²) >= 11 is 0. The van der Waals surface area contributed by atoms with Gasteiger partial charge in [-0.2, -0.15) is 0 Å². The van der Waals surface area contributed by atoms with E-state index in [1.54, 1.807) is 0 Å². The molecule has 26 heavy (non-hydrogen) atoms. The summed E-state index contributed by atoms with van der Waals surface area (Å²) in [7, 11) is 1.42. The minimum absolute atomic E-state index is 0.241. The van der Waals surface area contributed by atoms with Gasteiger partial charge in [-0.05, 0) is 18.9 Å². The van der Waals surface area contributed by atoms with Crippen LogP contribution in [0.2, 0.25) is 0 Å². The standard InChI is InChI=1S/C16H17F2N3O5/c1-19-21-6-11(26-16(24)25)15(23)9-5-10(17)14(12(18)13(9)21)20-4-2-3-8(20)7-22/h5-6,8,19,22H,2-4,7H2,1H3,(H,24,25)/t8-/m0/s1. The Labute approximate surface area is 146 Å². The number of hydrogen-bond acceptors (Lipinski definition) is 6. The molecule has 0 bridgehead atoms. The quantitative estimate of drug-likeness (QED) is 0.701. The maximum atomic E-state index is 15.2. The van der Waals surface area contributed by atoms with Crippen LogP contribution >= 0.6 is 0 Å². The number of aliphatic hydroxyl groups is 1. The maximum absolute atomic E-state index is 15.2. The van der Waals surface area contributed by atoms with Gasteiger partial charge in [0.2, 0.25) is 11.2 Å². The van der Waals surface area contributed by atoms with Crippen LogP contribution in [-0.2, 0) is 0 Å². The normalized spacial score (nSPS) is 16.9. The fraction of sp³-hybridized carbons (Fsp3) is 0.375. The van der Waals surface area contributed by atoms with Gasteiger partial charge in [0, 0.05) is 13.6 Å². The van der Waals surface area contributed by atoms with Gasteiger partial charge in [0.05, 0.1) is 24.2 Å². The van der Waals surface area contributed by atoms with Gasteiger partial charge < -0.3 is 25.3 Å². The number of ether oxygens (including phenoxy) is 1. The van der Waals surface area contributed by atoms with Crippen LogP contribution in [0.15, 0.2) is 17.1 Å². The molecule has 2 heterocycles. The molecule has 3 rings (SSSR count). The number of aromatic nitrogens is 1. The lowest BCUT2D eigenvalue weighted by molar-refractivity contribution is 0.144. The van der Waals surface area contributed by atoms with Crippen molar-refractivity contribution in [1.29, 1.82) is 0 Å². The number of anilines is 1. The van der Waals surface area contributed by atoms with E-state index in [4.69, 9.17) is 5.11 Å². The molecule has 1 atom stereocenters. The topological polar surface area (TPSA) is 104 Å². The number of carboxylic acid groups (broad SMARTS) is 1. The number of rotatable bonds is 4. The van der Waals surface area contributed by atoms with Crippen molar-refractivity contribution in [2.75, 3.05) is 30.5 Å². The third-order valence-corrected chi connectivity index (χ3v) is 4.44. The van der Waals surface area contributed by atoms with Crippen LogP contribution in [0.25, 0.3) is 10.9 Å². The number of hydrogen-bond donors (Lipinski definition) is 3. The van der Waals surface area contributed by atoms with E-state index in [1.807, 2.05) is 0 Å². The predicted octanol–water partition coefficient (Wildman–Crippen LogP) is 1.47. The molecule has 0 unspecified atom stereocenters. The molecule has 140 valence electrons. The number of benzene rings is 1. The highest BCUT2D eigenvalue weighted by Gasteiger charge is 2.31. The van der Waals surface area contributed by atoms with Crippen LogP contribution in [0, 0.1) is 11.6 Å². The van der Waals surface area contributed by atoms with Crippen LogP contribution in [0.3, 0.4) is 0 Å². The smallest absolute Gasteiger partial charge is 0.449 e. The Morgan fingerprint density at radius 1 is 1.46 bits per heavy atom. The lowest BCUT2D eigenvalue weighted by Crippen LogP contribution is -2.34. The molecule has 1 saturated heterocycles. The van der Waals surface area contributed by atoms with E-state index in [1.165, 1.54) is 11.9 Å². The summed E-state index contributed by atoms with van der Waals surface area (Å²) in [6.45, 7) is 0.121. The van der Waals surface area contributed by atoms with Crippen LogP contribution < -0.4 is 20.5 Å². The third kappa shape index (κ3) is 2.81. The van der Waals surface area contributed by atoms with Crippen molar-refractivity contribution >= 4 is 22.7 Å². The number of fused-ring (bicyclic) bond motifs is 1. The Balaban J connectivity index is 2.29. The molecule has 1 aromatic carbocycles. The van der Waals surface area contributed by atoms with Gasteiger partial charge in [0.25, 0.3) is 0 Å². The van der Waals surface area contributed by atoms with Gasteiger partial charge in [-0.15, -0.1) is 0 Å². The minimum atomic E-state index is -1.72. The van der Waals surface area contributed by atoms with Gasteiger partial charge in [0.1, 0.15) is 17.0 Å². The Morgan fingerprint density at radius 2 is 2.19 bits per heavy atom. The summed E-state index contributed by atoms with van der Waals surface area (Å²) in [5, 5.41) is 17.8. The summed E-state index contributed by atoms with van der Waals surface area (Å²) < 4.78 is 35.3. The average Bonchev–Trinajstić information content (AvgIpc) is 3.05. The van der Waals surface area contributed by atoms with Gasteiger partial charge in [-0.3, -0.25) is 9.47 Å². The van der Waals surface area contributed by atoms with Crippen LogP contribution in [-0.4, -0.2) is 47.3 Å². The van der Waals surface area contributed by atoms with E-state index in [2.05, 4.69) is 10.2 Å². The second-order valence-corrected chi connectivity index (χ2v) is 5.87. The fourth-order valence-electron chi connectivity index (χ4n) is 3.31. The summed E-state index contributed by atoms with van der Waals surface area (Å²) in [5.74, 6) is -2.53. The molecule has 0 spiro atoms. The highest BCUT2D eigenvalue weighted by molar-refractivity contribution is 5.86. The Bertz CT molecular complexity index is 930. The van der Waals surface area contributed by atoms with Gasteiger partial charge in [-0.1, -0.05) is 0 Å². The molecule has 1 aromatic heterocycles. The molecule has 1 fully saturated rings. The first-order valence-corrected chi connectivity index (χ1v) is 7.92. The van der Waals surface area contributed by atoms with E-state index < -0.39 is 35.0 Å². The van der Waals surface area contributed by atoms with Crippen molar-refractivity contribution < 1.29 is 28.5 Å². The predicted molar refractivity (Wildman–Crippen MR) is 89.5 cm³/mol. The minimum Gasteiger partial charge on any atom is -0.449 e. The lowest BCUT2D eigenvalue weighted by atomic mass is 10.1. The second-order valence-electron chi connectivity index (χ2n) is 5.87. The number of aliphatic hydroxyl groups excluding tert-OH is 1. The fourth-order valence-corrected chi connectivity index (χ4v) is 3.31. The first-order chi connectivity index (χ1) is 12.4. The number of halogens is 2. The van der Waals surface area contributed by atoms with Gasteiger partial charge in [0.15, 0.2) is 5.82 Å². The summed E-state index contributed by atoms with van der Waals surface area (Å²) in [6, 6.07) is 0.437. The molecular formula is C16H17F2N3O5. The monoisotopic (exact) mass is 369 g/mol. The maximum Gasteiger partial charge on any atom is 0.511 e. The molecular weight excluding hydrogens is 352 g/mol. The van der Waals surface area contributed by atoms with Crippen molar-refractivity contribution in [2.24, 2.45) is 0 Å². The molecule has 1 aliphatic heterocycles. The Morgan fingerprint density at radius 3 is 2.81 bits per heavy atom.